The molecule has 0 aliphatic carbocycles. The van der Waals surface area contributed by atoms with Crippen molar-refractivity contribution < 1.29 is 9.53 Å². The summed E-state index contributed by atoms with van der Waals surface area (Å²) in [5.74, 6) is 0.708. The number of hydrogen-bond acceptors (Lipinski definition) is 5. The molecule has 2 aromatic rings. The lowest BCUT2D eigenvalue weighted by molar-refractivity contribution is 0.0938. The lowest BCUT2D eigenvalue weighted by Gasteiger charge is -2.30. The highest BCUT2D eigenvalue weighted by molar-refractivity contribution is 5.91. The molecule has 0 bridgehead atoms. The van der Waals surface area contributed by atoms with E-state index in [1.165, 1.54) is 5.56 Å². The van der Waals surface area contributed by atoms with Crippen LogP contribution in [0.15, 0.2) is 36.5 Å². The molecular weight excluding hydrogens is 354 g/mol. The van der Waals surface area contributed by atoms with Crippen molar-refractivity contribution in [1.82, 2.24) is 25.2 Å². The summed E-state index contributed by atoms with van der Waals surface area (Å²) in [4.78, 5) is 14.5. The van der Waals surface area contributed by atoms with Gasteiger partial charge in [-0.05, 0) is 44.4 Å². The molecule has 1 aliphatic heterocycles. The third-order valence-corrected chi connectivity index (χ3v) is 4.88. The van der Waals surface area contributed by atoms with Crippen molar-refractivity contribution in [3.8, 4) is 5.75 Å². The molecule has 0 atom stereocenters. The number of carbonyl (C=O) groups is 1. The maximum absolute atomic E-state index is 12.0. The number of nitrogens with zero attached hydrogens (tertiary/aromatic N) is 4. The van der Waals surface area contributed by atoms with Crippen LogP contribution in [0.1, 0.15) is 48.8 Å². The number of likely N-dealkylation sites (tertiary alicyclic amines) is 1. The van der Waals surface area contributed by atoms with Gasteiger partial charge in [0.05, 0.1) is 19.3 Å². The van der Waals surface area contributed by atoms with E-state index in [1.54, 1.807) is 13.3 Å². The molecule has 1 amide bonds. The summed E-state index contributed by atoms with van der Waals surface area (Å²) in [5.41, 5.74) is 1.56. The van der Waals surface area contributed by atoms with Gasteiger partial charge in [-0.25, -0.2) is 4.68 Å². The lowest BCUT2D eigenvalue weighted by atomic mass is 10.1. The van der Waals surface area contributed by atoms with Gasteiger partial charge < -0.3 is 10.1 Å². The van der Waals surface area contributed by atoms with Crippen LogP contribution in [0.5, 0.6) is 5.75 Å². The predicted molar refractivity (Wildman–Crippen MR) is 109 cm³/mol. The molecule has 1 N–H and O–H groups in total. The number of ether oxygens (including phenoxy) is 1. The summed E-state index contributed by atoms with van der Waals surface area (Å²) in [7, 11) is 1.68. The minimum atomic E-state index is -0.164. The lowest BCUT2D eigenvalue weighted by Crippen LogP contribution is -2.35. The predicted octanol–water partition coefficient (Wildman–Crippen LogP) is 2.78. The zero-order chi connectivity index (χ0) is 19.9. The van der Waals surface area contributed by atoms with Crippen LogP contribution in [0.25, 0.3) is 6.08 Å². The number of benzene rings is 1. The molecule has 0 saturated carbocycles. The van der Waals surface area contributed by atoms with E-state index >= 15 is 0 Å². The number of carbonyl (C=O) groups excluding carboxylic acids is 1. The summed E-state index contributed by atoms with van der Waals surface area (Å²) in [6, 6.07) is 8.44. The maximum Gasteiger partial charge on any atom is 0.273 e. The Morgan fingerprint density at radius 2 is 2.00 bits per heavy atom. The molecule has 0 radical (unpaired) electrons. The van der Waals surface area contributed by atoms with Crippen LogP contribution in [0.3, 0.4) is 0 Å². The van der Waals surface area contributed by atoms with Crippen molar-refractivity contribution >= 4 is 12.0 Å². The Labute approximate surface area is 166 Å². The number of nitrogens with one attached hydrogen (secondary N) is 1. The highest BCUT2D eigenvalue weighted by Gasteiger charge is 2.22. The first kappa shape index (κ1) is 20.1. The number of rotatable bonds is 7. The number of piperidine rings is 1. The Kier molecular flexibility index (Phi) is 6.81. The van der Waals surface area contributed by atoms with E-state index in [0.29, 0.717) is 11.7 Å². The van der Waals surface area contributed by atoms with Crippen molar-refractivity contribution in [2.24, 2.45) is 0 Å². The second-order valence-electron chi connectivity index (χ2n) is 7.42. The van der Waals surface area contributed by atoms with Crippen LogP contribution in [-0.2, 0) is 0 Å². The molecule has 150 valence electrons. The molecule has 3 rings (SSSR count). The van der Waals surface area contributed by atoms with Crippen molar-refractivity contribution in [2.75, 3.05) is 26.7 Å². The zero-order valence-corrected chi connectivity index (χ0v) is 16.8. The van der Waals surface area contributed by atoms with Crippen molar-refractivity contribution in [3.05, 3.63) is 47.8 Å². The largest absolute Gasteiger partial charge is 0.497 e. The second kappa shape index (κ2) is 9.50. The first-order chi connectivity index (χ1) is 13.5. The average molecular weight is 383 g/mol. The van der Waals surface area contributed by atoms with Gasteiger partial charge in [-0.3, -0.25) is 9.69 Å². The summed E-state index contributed by atoms with van der Waals surface area (Å²) in [6.07, 6.45) is 8.12. The standard InChI is InChI=1S/C21H29N5O2/c1-16(2)22-21(27)20-15-26(24-23-20)18-10-13-25(14-11-18)12-4-5-17-6-8-19(28-3)9-7-17/h4-9,15-16,18H,10-14H2,1-3H3,(H,22,27)/b5-4+. The summed E-state index contributed by atoms with van der Waals surface area (Å²) < 4.78 is 7.03. The first-order valence-corrected chi connectivity index (χ1v) is 9.81. The molecule has 7 heteroatoms. The van der Waals surface area contributed by atoms with Crippen molar-refractivity contribution in [3.63, 3.8) is 0 Å². The fourth-order valence-electron chi connectivity index (χ4n) is 3.31. The van der Waals surface area contributed by atoms with Gasteiger partial charge in [0, 0.05) is 25.7 Å². The van der Waals surface area contributed by atoms with Crippen molar-refractivity contribution in [2.45, 2.75) is 38.8 Å². The van der Waals surface area contributed by atoms with Crippen LogP contribution in [0, 0.1) is 0 Å². The third-order valence-electron chi connectivity index (χ3n) is 4.88. The maximum atomic E-state index is 12.0. The van der Waals surface area contributed by atoms with Crippen LogP contribution in [0.2, 0.25) is 0 Å². The molecule has 2 heterocycles. The molecule has 1 saturated heterocycles. The number of amides is 1. The number of methoxy groups -OCH3 is 1. The van der Waals surface area contributed by atoms with Gasteiger partial charge in [0.15, 0.2) is 5.69 Å². The molecule has 7 nitrogen and oxygen atoms in total. The quantitative estimate of drug-likeness (QED) is 0.796. The number of hydrogen-bond donors (Lipinski definition) is 1. The van der Waals surface area contributed by atoms with E-state index in [0.717, 1.165) is 38.2 Å². The van der Waals surface area contributed by atoms with E-state index in [4.69, 9.17) is 4.74 Å². The average Bonchev–Trinajstić information content (AvgIpc) is 3.19. The summed E-state index contributed by atoms with van der Waals surface area (Å²) in [6.45, 7) is 6.80. The van der Waals surface area contributed by atoms with Crippen LogP contribution >= 0.6 is 0 Å². The fourth-order valence-corrected chi connectivity index (χ4v) is 3.31. The SMILES string of the molecule is COc1ccc(/C=C/CN2CCC(n3cc(C(=O)NC(C)C)nn3)CC2)cc1. The Morgan fingerprint density at radius 3 is 2.64 bits per heavy atom. The van der Waals surface area contributed by atoms with Gasteiger partial charge in [-0.15, -0.1) is 5.10 Å². The molecule has 1 aromatic heterocycles. The first-order valence-electron chi connectivity index (χ1n) is 9.81. The highest BCUT2D eigenvalue weighted by atomic mass is 16.5. The smallest absolute Gasteiger partial charge is 0.273 e. The van der Waals surface area contributed by atoms with Gasteiger partial charge in [0.1, 0.15) is 5.75 Å². The molecule has 0 spiro atoms. The van der Waals surface area contributed by atoms with Gasteiger partial charge in [-0.2, -0.15) is 0 Å². The third kappa shape index (κ3) is 5.42. The van der Waals surface area contributed by atoms with Crippen LogP contribution in [0.4, 0.5) is 0 Å². The summed E-state index contributed by atoms with van der Waals surface area (Å²) >= 11 is 0. The van der Waals surface area contributed by atoms with Gasteiger partial charge >= 0.3 is 0 Å². The molecule has 28 heavy (non-hydrogen) atoms. The Morgan fingerprint density at radius 1 is 1.29 bits per heavy atom. The van der Waals surface area contributed by atoms with E-state index in [-0.39, 0.29) is 11.9 Å². The van der Waals surface area contributed by atoms with Gasteiger partial charge in [-0.1, -0.05) is 29.5 Å². The van der Waals surface area contributed by atoms with Crippen molar-refractivity contribution in [1.29, 1.82) is 0 Å². The number of aromatic nitrogens is 3. The topological polar surface area (TPSA) is 72.3 Å². The normalized spacial score (nSPS) is 16.0. The van der Waals surface area contributed by atoms with E-state index in [9.17, 15) is 4.79 Å². The van der Waals surface area contributed by atoms with E-state index in [2.05, 4.69) is 44.8 Å². The molecular formula is C21H29N5O2. The Hall–Kier alpha value is -2.67. The molecule has 0 unspecified atom stereocenters. The fraction of sp³-hybridized carbons (Fsp3) is 0.476. The Balaban J connectivity index is 1.46. The zero-order valence-electron chi connectivity index (χ0n) is 16.8. The minimum absolute atomic E-state index is 0.0897. The molecule has 1 aromatic carbocycles. The van der Waals surface area contributed by atoms with Gasteiger partial charge in [0.25, 0.3) is 5.91 Å². The van der Waals surface area contributed by atoms with Crippen LogP contribution < -0.4 is 10.1 Å². The van der Waals surface area contributed by atoms with E-state index < -0.39 is 0 Å². The highest BCUT2D eigenvalue weighted by Crippen LogP contribution is 2.21. The minimum Gasteiger partial charge on any atom is -0.497 e. The second-order valence-corrected chi connectivity index (χ2v) is 7.42. The van der Waals surface area contributed by atoms with E-state index in [1.807, 2.05) is 30.7 Å². The van der Waals surface area contributed by atoms with Crippen LogP contribution in [-0.4, -0.2) is 58.6 Å². The molecule has 1 fully saturated rings. The van der Waals surface area contributed by atoms with Gasteiger partial charge in [0.2, 0.25) is 0 Å². The molecule has 1 aliphatic rings. The summed E-state index contributed by atoms with van der Waals surface area (Å²) in [5, 5.41) is 11.0. The monoisotopic (exact) mass is 383 g/mol. The Bertz CT molecular complexity index is 789.